The summed E-state index contributed by atoms with van der Waals surface area (Å²) in [5.41, 5.74) is 0. The lowest BCUT2D eigenvalue weighted by Gasteiger charge is -2.26. The van der Waals surface area contributed by atoms with Crippen molar-refractivity contribution in [3.63, 3.8) is 0 Å². The Morgan fingerprint density at radius 3 is 2.41 bits per heavy atom. The highest BCUT2D eigenvalue weighted by atomic mass is 35.5. The molecule has 0 saturated heterocycles. The first-order valence-corrected chi connectivity index (χ1v) is 6.55. The van der Waals surface area contributed by atoms with Crippen molar-refractivity contribution in [2.75, 3.05) is 20.1 Å². The lowest BCUT2D eigenvalue weighted by Crippen LogP contribution is -2.37. The van der Waals surface area contributed by atoms with Crippen LogP contribution in [0, 0.1) is 17.8 Å². The summed E-state index contributed by atoms with van der Waals surface area (Å²) in [5, 5.41) is 6.10. The van der Waals surface area contributed by atoms with E-state index in [4.69, 9.17) is 0 Å². The molecule has 17 heavy (non-hydrogen) atoms. The second kappa shape index (κ2) is 8.76. The standard InChI is InChI=1S/C13H26N2O.ClH/c1-10-4-6-12(7-5-10)9-15-13(16)11(2)8-14-3;/h10-12,14H,4-9H2,1-3H3,(H,15,16);1H. The van der Waals surface area contributed by atoms with Crippen LogP contribution in [0.2, 0.25) is 0 Å². The largest absolute Gasteiger partial charge is 0.356 e. The van der Waals surface area contributed by atoms with Gasteiger partial charge in [0.1, 0.15) is 0 Å². The number of hydrogen-bond acceptors (Lipinski definition) is 2. The lowest BCUT2D eigenvalue weighted by atomic mass is 9.83. The normalized spacial score (nSPS) is 25.8. The first-order chi connectivity index (χ1) is 7.63. The predicted octanol–water partition coefficient (Wildman–Crippen LogP) is 2.21. The van der Waals surface area contributed by atoms with E-state index in [9.17, 15) is 4.79 Å². The minimum Gasteiger partial charge on any atom is -0.356 e. The van der Waals surface area contributed by atoms with Crippen LogP contribution in [0.3, 0.4) is 0 Å². The van der Waals surface area contributed by atoms with Crippen molar-refractivity contribution in [3.05, 3.63) is 0 Å². The predicted molar refractivity (Wildman–Crippen MR) is 74.5 cm³/mol. The summed E-state index contributed by atoms with van der Waals surface area (Å²) < 4.78 is 0. The molecule has 1 aliphatic carbocycles. The fraction of sp³-hybridized carbons (Fsp3) is 0.923. The Hall–Kier alpha value is -0.280. The van der Waals surface area contributed by atoms with Crippen molar-refractivity contribution in [1.82, 2.24) is 10.6 Å². The summed E-state index contributed by atoms with van der Waals surface area (Å²) in [5.74, 6) is 1.86. The van der Waals surface area contributed by atoms with Gasteiger partial charge in [-0.1, -0.05) is 26.7 Å². The molecule has 4 heteroatoms. The van der Waals surface area contributed by atoms with Gasteiger partial charge in [-0.3, -0.25) is 4.79 Å². The highest BCUT2D eigenvalue weighted by molar-refractivity contribution is 5.85. The first-order valence-electron chi connectivity index (χ1n) is 6.55. The monoisotopic (exact) mass is 262 g/mol. The van der Waals surface area contributed by atoms with Gasteiger partial charge in [-0.05, 0) is 31.7 Å². The molecule has 1 aliphatic rings. The molecule has 1 saturated carbocycles. The number of amides is 1. The Labute approximate surface area is 112 Å². The molecule has 1 unspecified atom stereocenters. The second-order valence-corrected chi connectivity index (χ2v) is 5.33. The molecule has 0 aliphatic heterocycles. The molecule has 0 aromatic rings. The maximum atomic E-state index is 11.7. The van der Waals surface area contributed by atoms with Gasteiger partial charge in [0.2, 0.25) is 5.91 Å². The number of carbonyl (C=O) groups is 1. The third kappa shape index (κ3) is 6.27. The van der Waals surface area contributed by atoms with Crippen molar-refractivity contribution < 1.29 is 4.79 Å². The van der Waals surface area contributed by atoms with E-state index in [0.29, 0.717) is 5.92 Å². The van der Waals surface area contributed by atoms with Crippen molar-refractivity contribution in [3.8, 4) is 0 Å². The molecule has 0 bridgehead atoms. The van der Waals surface area contributed by atoms with Crippen LogP contribution >= 0.6 is 12.4 Å². The summed E-state index contributed by atoms with van der Waals surface area (Å²) in [6.45, 7) is 5.92. The van der Waals surface area contributed by atoms with Crippen molar-refractivity contribution >= 4 is 18.3 Å². The molecular formula is C13H27ClN2O. The van der Waals surface area contributed by atoms with Crippen LogP contribution in [0.15, 0.2) is 0 Å². The molecule has 3 nitrogen and oxygen atoms in total. The van der Waals surface area contributed by atoms with Crippen molar-refractivity contribution in [2.24, 2.45) is 17.8 Å². The lowest BCUT2D eigenvalue weighted by molar-refractivity contribution is -0.124. The Kier molecular flexibility index (Phi) is 8.61. The molecule has 102 valence electrons. The maximum absolute atomic E-state index is 11.7. The summed E-state index contributed by atoms with van der Waals surface area (Å²) in [4.78, 5) is 11.7. The van der Waals surface area contributed by atoms with Gasteiger partial charge in [0.25, 0.3) is 0 Å². The van der Waals surface area contributed by atoms with Gasteiger partial charge in [0, 0.05) is 19.0 Å². The van der Waals surface area contributed by atoms with Crippen LogP contribution in [0.1, 0.15) is 39.5 Å². The van der Waals surface area contributed by atoms with Gasteiger partial charge in [0.15, 0.2) is 0 Å². The van der Waals surface area contributed by atoms with Crippen LogP contribution in [-0.4, -0.2) is 26.0 Å². The Morgan fingerprint density at radius 2 is 1.88 bits per heavy atom. The van der Waals surface area contributed by atoms with E-state index >= 15 is 0 Å². The summed E-state index contributed by atoms with van der Waals surface area (Å²) >= 11 is 0. The number of rotatable bonds is 5. The molecule has 1 amide bonds. The highest BCUT2D eigenvalue weighted by Crippen LogP contribution is 2.27. The molecule has 0 heterocycles. The van der Waals surface area contributed by atoms with Crippen LogP contribution in [-0.2, 0) is 4.79 Å². The van der Waals surface area contributed by atoms with E-state index in [2.05, 4.69) is 17.6 Å². The van der Waals surface area contributed by atoms with Gasteiger partial charge in [-0.15, -0.1) is 12.4 Å². The van der Waals surface area contributed by atoms with E-state index in [1.54, 1.807) is 0 Å². The number of hydrogen-bond donors (Lipinski definition) is 2. The van der Waals surface area contributed by atoms with Crippen LogP contribution in [0.4, 0.5) is 0 Å². The number of halogens is 1. The minimum absolute atomic E-state index is 0. The highest BCUT2D eigenvalue weighted by Gasteiger charge is 2.19. The van der Waals surface area contributed by atoms with Crippen LogP contribution in [0.5, 0.6) is 0 Å². The van der Waals surface area contributed by atoms with Gasteiger partial charge < -0.3 is 10.6 Å². The molecule has 2 N–H and O–H groups in total. The molecule has 0 aromatic heterocycles. The molecule has 1 fully saturated rings. The SMILES string of the molecule is CNCC(C)C(=O)NCC1CCC(C)CC1.Cl. The molecular weight excluding hydrogens is 236 g/mol. The fourth-order valence-electron chi connectivity index (χ4n) is 2.35. The zero-order valence-corrected chi connectivity index (χ0v) is 12.1. The van der Waals surface area contributed by atoms with E-state index in [1.165, 1.54) is 25.7 Å². The fourth-order valence-corrected chi connectivity index (χ4v) is 2.35. The van der Waals surface area contributed by atoms with Gasteiger partial charge in [-0.2, -0.15) is 0 Å². The Morgan fingerprint density at radius 1 is 1.29 bits per heavy atom. The molecule has 1 atom stereocenters. The Bertz CT molecular complexity index is 215. The van der Waals surface area contributed by atoms with E-state index in [0.717, 1.165) is 19.0 Å². The van der Waals surface area contributed by atoms with E-state index in [-0.39, 0.29) is 24.2 Å². The van der Waals surface area contributed by atoms with Crippen molar-refractivity contribution in [1.29, 1.82) is 0 Å². The van der Waals surface area contributed by atoms with Crippen molar-refractivity contribution in [2.45, 2.75) is 39.5 Å². The second-order valence-electron chi connectivity index (χ2n) is 5.33. The quantitative estimate of drug-likeness (QED) is 0.798. The summed E-state index contributed by atoms with van der Waals surface area (Å²) in [7, 11) is 1.88. The zero-order valence-electron chi connectivity index (χ0n) is 11.3. The van der Waals surface area contributed by atoms with Crippen LogP contribution < -0.4 is 10.6 Å². The average Bonchev–Trinajstić information content (AvgIpc) is 2.28. The molecule has 0 radical (unpaired) electrons. The molecule has 1 rings (SSSR count). The number of carbonyl (C=O) groups excluding carboxylic acids is 1. The molecule has 0 spiro atoms. The summed E-state index contributed by atoms with van der Waals surface area (Å²) in [6, 6.07) is 0. The number of nitrogens with one attached hydrogen (secondary N) is 2. The van der Waals surface area contributed by atoms with E-state index < -0.39 is 0 Å². The third-order valence-corrected chi connectivity index (χ3v) is 3.66. The third-order valence-electron chi connectivity index (χ3n) is 3.66. The minimum atomic E-state index is 0. The smallest absolute Gasteiger partial charge is 0.224 e. The Balaban J connectivity index is 0.00000256. The van der Waals surface area contributed by atoms with Crippen LogP contribution in [0.25, 0.3) is 0 Å². The first kappa shape index (κ1) is 16.7. The van der Waals surface area contributed by atoms with Gasteiger partial charge >= 0.3 is 0 Å². The maximum Gasteiger partial charge on any atom is 0.224 e. The van der Waals surface area contributed by atoms with Gasteiger partial charge in [0.05, 0.1) is 0 Å². The van der Waals surface area contributed by atoms with E-state index in [1.807, 2.05) is 14.0 Å². The topological polar surface area (TPSA) is 41.1 Å². The zero-order chi connectivity index (χ0) is 12.0. The summed E-state index contributed by atoms with van der Waals surface area (Å²) in [6.07, 6.45) is 5.21. The van der Waals surface area contributed by atoms with Gasteiger partial charge in [-0.25, -0.2) is 0 Å². The molecule has 0 aromatic carbocycles. The average molecular weight is 263 g/mol.